The SMILES string of the molecule is O=C(OCC(=O)N1CCOCC1)c1cc(-c2ccccn2)nc2ccccc12. The number of rotatable bonds is 4. The quantitative estimate of drug-likeness (QED) is 0.649. The van der Waals surface area contributed by atoms with E-state index in [2.05, 4.69) is 9.97 Å². The van der Waals surface area contributed by atoms with Crippen LogP contribution in [-0.4, -0.2) is 59.7 Å². The second-order valence-electron chi connectivity index (χ2n) is 6.36. The maximum absolute atomic E-state index is 12.8. The molecule has 3 aromatic rings. The lowest BCUT2D eigenvalue weighted by Gasteiger charge is -2.26. The molecule has 1 amide bonds. The van der Waals surface area contributed by atoms with Crippen molar-refractivity contribution in [3.63, 3.8) is 0 Å². The van der Waals surface area contributed by atoms with Crippen molar-refractivity contribution in [1.82, 2.24) is 14.9 Å². The van der Waals surface area contributed by atoms with E-state index in [4.69, 9.17) is 9.47 Å². The van der Waals surface area contributed by atoms with E-state index >= 15 is 0 Å². The molecule has 0 N–H and O–H groups in total. The Bertz CT molecular complexity index is 1000. The lowest BCUT2D eigenvalue weighted by molar-refractivity contribution is -0.138. The number of morpholine rings is 1. The molecule has 3 heterocycles. The number of esters is 1. The summed E-state index contributed by atoms with van der Waals surface area (Å²) in [6, 6.07) is 14.5. The number of ether oxygens (including phenoxy) is 2. The highest BCUT2D eigenvalue weighted by molar-refractivity contribution is 6.05. The van der Waals surface area contributed by atoms with Crippen molar-refractivity contribution in [1.29, 1.82) is 0 Å². The van der Waals surface area contributed by atoms with Crippen LogP contribution in [0.1, 0.15) is 10.4 Å². The van der Waals surface area contributed by atoms with Crippen LogP contribution in [0.25, 0.3) is 22.3 Å². The number of fused-ring (bicyclic) bond motifs is 1. The minimum absolute atomic E-state index is 0.222. The Kier molecular flexibility index (Phi) is 5.25. The second-order valence-corrected chi connectivity index (χ2v) is 6.36. The van der Waals surface area contributed by atoms with Crippen molar-refractivity contribution >= 4 is 22.8 Å². The molecule has 0 spiro atoms. The second kappa shape index (κ2) is 8.14. The standard InChI is InChI=1S/C21H19N3O4/c25-20(24-9-11-27-12-10-24)14-28-21(26)16-13-19(18-7-3-4-8-22-18)23-17-6-2-1-5-15(16)17/h1-8,13H,9-12,14H2. The van der Waals surface area contributed by atoms with Gasteiger partial charge in [0.15, 0.2) is 6.61 Å². The first kappa shape index (κ1) is 18.1. The van der Waals surface area contributed by atoms with Crippen LogP contribution in [0, 0.1) is 0 Å². The van der Waals surface area contributed by atoms with E-state index in [1.165, 1.54) is 0 Å². The van der Waals surface area contributed by atoms with Gasteiger partial charge in [0.05, 0.1) is 35.7 Å². The Morgan fingerprint density at radius 3 is 2.61 bits per heavy atom. The van der Waals surface area contributed by atoms with E-state index in [9.17, 15) is 9.59 Å². The maximum atomic E-state index is 12.8. The van der Waals surface area contributed by atoms with Gasteiger partial charge in [-0.15, -0.1) is 0 Å². The molecule has 7 nitrogen and oxygen atoms in total. The molecule has 0 atom stereocenters. The zero-order chi connectivity index (χ0) is 19.3. The first-order valence-electron chi connectivity index (χ1n) is 9.06. The highest BCUT2D eigenvalue weighted by Crippen LogP contribution is 2.24. The van der Waals surface area contributed by atoms with Gasteiger partial charge in [0.2, 0.25) is 0 Å². The fraction of sp³-hybridized carbons (Fsp3) is 0.238. The molecule has 0 aliphatic carbocycles. The number of hydrogen-bond acceptors (Lipinski definition) is 6. The van der Waals surface area contributed by atoms with Crippen molar-refractivity contribution in [2.75, 3.05) is 32.9 Å². The summed E-state index contributed by atoms with van der Waals surface area (Å²) in [5.74, 6) is -0.780. The van der Waals surface area contributed by atoms with Gasteiger partial charge in [-0.3, -0.25) is 9.78 Å². The molecule has 28 heavy (non-hydrogen) atoms. The molecule has 0 saturated carbocycles. The Morgan fingerprint density at radius 2 is 1.82 bits per heavy atom. The third kappa shape index (κ3) is 3.84. The molecule has 1 aromatic carbocycles. The number of aromatic nitrogens is 2. The van der Waals surface area contributed by atoms with Crippen LogP contribution in [0.4, 0.5) is 0 Å². The van der Waals surface area contributed by atoms with Gasteiger partial charge >= 0.3 is 5.97 Å². The van der Waals surface area contributed by atoms with Gasteiger partial charge in [-0.25, -0.2) is 9.78 Å². The summed E-state index contributed by atoms with van der Waals surface area (Å²) < 4.78 is 10.6. The smallest absolute Gasteiger partial charge is 0.339 e. The van der Waals surface area contributed by atoms with E-state index in [1.807, 2.05) is 42.5 Å². The summed E-state index contributed by atoms with van der Waals surface area (Å²) in [5, 5.41) is 0.672. The van der Waals surface area contributed by atoms with Gasteiger partial charge in [0.1, 0.15) is 0 Å². The highest BCUT2D eigenvalue weighted by atomic mass is 16.5. The third-order valence-electron chi connectivity index (χ3n) is 4.55. The predicted octanol–water partition coefficient (Wildman–Crippen LogP) is 2.31. The zero-order valence-corrected chi connectivity index (χ0v) is 15.2. The Hall–Kier alpha value is -3.32. The average molecular weight is 377 g/mol. The molecule has 2 aromatic heterocycles. The van der Waals surface area contributed by atoms with Crippen LogP contribution in [-0.2, 0) is 14.3 Å². The van der Waals surface area contributed by atoms with E-state index < -0.39 is 5.97 Å². The van der Waals surface area contributed by atoms with E-state index in [-0.39, 0.29) is 12.5 Å². The minimum Gasteiger partial charge on any atom is -0.452 e. The summed E-state index contributed by atoms with van der Waals surface area (Å²) in [4.78, 5) is 35.6. The van der Waals surface area contributed by atoms with Crippen LogP contribution in [0.5, 0.6) is 0 Å². The molecular formula is C21H19N3O4. The van der Waals surface area contributed by atoms with Crippen molar-refractivity contribution in [3.8, 4) is 11.4 Å². The number of amides is 1. The molecule has 0 bridgehead atoms. The Labute approximate surface area is 161 Å². The highest BCUT2D eigenvalue weighted by Gasteiger charge is 2.20. The van der Waals surface area contributed by atoms with Gasteiger partial charge in [0, 0.05) is 24.7 Å². The minimum atomic E-state index is -0.558. The number of benzene rings is 1. The fourth-order valence-corrected chi connectivity index (χ4v) is 3.10. The van der Waals surface area contributed by atoms with Crippen LogP contribution < -0.4 is 0 Å². The summed E-state index contributed by atoms with van der Waals surface area (Å²) in [7, 11) is 0. The van der Waals surface area contributed by atoms with Crippen LogP contribution in [0.15, 0.2) is 54.7 Å². The molecule has 142 valence electrons. The largest absolute Gasteiger partial charge is 0.452 e. The summed E-state index contributed by atoms with van der Waals surface area (Å²) in [6.07, 6.45) is 1.67. The lowest BCUT2D eigenvalue weighted by atomic mass is 10.1. The molecular weight excluding hydrogens is 358 g/mol. The van der Waals surface area contributed by atoms with E-state index in [1.54, 1.807) is 17.2 Å². The summed E-state index contributed by atoms with van der Waals surface area (Å²) >= 11 is 0. The van der Waals surface area contributed by atoms with Crippen molar-refractivity contribution in [3.05, 3.63) is 60.3 Å². The number of para-hydroxylation sites is 1. The van der Waals surface area contributed by atoms with Crippen molar-refractivity contribution < 1.29 is 19.1 Å². The third-order valence-corrected chi connectivity index (χ3v) is 4.55. The lowest BCUT2D eigenvalue weighted by Crippen LogP contribution is -2.42. The Morgan fingerprint density at radius 1 is 1.04 bits per heavy atom. The van der Waals surface area contributed by atoms with Crippen LogP contribution >= 0.6 is 0 Å². The molecule has 1 saturated heterocycles. The van der Waals surface area contributed by atoms with Crippen molar-refractivity contribution in [2.45, 2.75) is 0 Å². The summed E-state index contributed by atoms with van der Waals surface area (Å²) in [5.41, 5.74) is 2.26. The van der Waals surface area contributed by atoms with Crippen LogP contribution in [0.3, 0.4) is 0 Å². The average Bonchev–Trinajstić information content (AvgIpc) is 2.77. The van der Waals surface area contributed by atoms with Gasteiger partial charge in [-0.05, 0) is 24.3 Å². The Balaban J connectivity index is 1.59. The number of nitrogens with zero attached hydrogens (tertiary/aromatic N) is 3. The monoisotopic (exact) mass is 377 g/mol. The molecule has 1 aliphatic rings. The molecule has 4 rings (SSSR count). The molecule has 1 aliphatic heterocycles. The van der Waals surface area contributed by atoms with Gasteiger partial charge < -0.3 is 14.4 Å². The van der Waals surface area contributed by atoms with Crippen LogP contribution in [0.2, 0.25) is 0 Å². The number of hydrogen-bond donors (Lipinski definition) is 0. The number of carbonyl (C=O) groups is 2. The van der Waals surface area contributed by atoms with Gasteiger partial charge in [-0.1, -0.05) is 24.3 Å². The molecule has 0 unspecified atom stereocenters. The molecule has 7 heteroatoms. The normalized spacial score (nSPS) is 14.1. The summed E-state index contributed by atoms with van der Waals surface area (Å²) in [6.45, 7) is 1.73. The zero-order valence-electron chi connectivity index (χ0n) is 15.2. The van der Waals surface area contributed by atoms with Gasteiger partial charge in [0.25, 0.3) is 5.91 Å². The van der Waals surface area contributed by atoms with E-state index in [0.29, 0.717) is 54.2 Å². The molecule has 0 radical (unpaired) electrons. The van der Waals surface area contributed by atoms with E-state index in [0.717, 1.165) is 0 Å². The number of carbonyl (C=O) groups excluding carboxylic acids is 2. The first-order valence-corrected chi connectivity index (χ1v) is 9.06. The molecule has 1 fully saturated rings. The van der Waals surface area contributed by atoms with Crippen molar-refractivity contribution in [2.24, 2.45) is 0 Å². The van der Waals surface area contributed by atoms with Gasteiger partial charge in [-0.2, -0.15) is 0 Å². The fourth-order valence-electron chi connectivity index (χ4n) is 3.10. The predicted molar refractivity (Wildman–Crippen MR) is 103 cm³/mol. The maximum Gasteiger partial charge on any atom is 0.339 e. The first-order chi connectivity index (χ1) is 13.7. The topological polar surface area (TPSA) is 81.6 Å². The number of pyridine rings is 2.